The molecule has 2 rings (SSSR count). The van der Waals surface area contributed by atoms with E-state index in [1.165, 1.54) is 5.56 Å². The molecular weight excluding hydrogens is 230 g/mol. The minimum Gasteiger partial charge on any atom is -0.497 e. The van der Waals surface area contributed by atoms with Crippen molar-refractivity contribution in [3.8, 4) is 5.75 Å². The fraction of sp³-hybridized carbons (Fsp3) is 0.571. The predicted octanol–water partition coefficient (Wildman–Crippen LogP) is 2.11. The molecule has 0 radical (unpaired) electrons. The fourth-order valence-corrected chi connectivity index (χ4v) is 2.16. The largest absolute Gasteiger partial charge is 0.497 e. The van der Waals surface area contributed by atoms with E-state index in [1.54, 1.807) is 14.2 Å². The summed E-state index contributed by atoms with van der Waals surface area (Å²) in [5.74, 6) is 1.55. The summed E-state index contributed by atoms with van der Waals surface area (Å²) in [6.45, 7) is 1.22. The molecule has 0 saturated heterocycles. The third-order valence-electron chi connectivity index (χ3n) is 3.36. The second-order valence-corrected chi connectivity index (χ2v) is 4.60. The lowest BCUT2D eigenvalue weighted by atomic mass is 9.76. The minimum atomic E-state index is 0.467. The molecule has 18 heavy (non-hydrogen) atoms. The van der Waals surface area contributed by atoms with E-state index < -0.39 is 0 Å². The molecule has 4 nitrogen and oxygen atoms in total. The average Bonchev–Trinajstić information content (AvgIpc) is 2.37. The van der Waals surface area contributed by atoms with Crippen molar-refractivity contribution in [1.82, 2.24) is 5.48 Å². The van der Waals surface area contributed by atoms with Crippen LogP contribution < -0.4 is 10.2 Å². The molecule has 0 amide bonds. The summed E-state index contributed by atoms with van der Waals surface area (Å²) >= 11 is 0. The zero-order chi connectivity index (χ0) is 12.8. The van der Waals surface area contributed by atoms with Gasteiger partial charge in [-0.25, -0.2) is 0 Å². The van der Waals surface area contributed by atoms with Gasteiger partial charge in [-0.15, -0.1) is 0 Å². The van der Waals surface area contributed by atoms with Gasteiger partial charge in [0.2, 0.25) is 0 Å². The molecule has 1 aromatic carbocycles. The normalized spacial score (nSPS) is 22.6. The third-order valence-corrected chi connectivity index (χ3v) is 3.36. The molecule has 1 aliphatic rings. The maximum absolute atomic E-state index is 5.30. The third kappa shape index (κ3) is 3.45. The van der Waals surface area contributed by atoms with Crippen LogP contribution in [0.25, 0.3) is 0 Å². The van der Waals surface area contributed by atoms with Crippen LogP contribution in [0.15, 0.2) is 24.3 Å². The zero-order valence-electron chi connectivity index (χ0n) is 11.0. The smallest absolute Gasteiger partial charge is 0.118 e. The lowest BCUT2D eigenvalue weighted by molar-refractivity contribution is -0.0303. The molecule has 1 N–H and O–H groups in total. The van der Waals surface area contributed by atoms with Crippen LogP contribution in [0.3, 0.4) is 0 Å². The Morgan fingerprint density at radius 1 is 1.11 bits per heavy atom. The van der Waals surface area contributed by atoms with E-state index in [0.29, 0.717) is 25.2 Å². The van der Waals surface area contributed by atoms with Crippen LogP contribution in [0, 0.1) is 0 Å². The first-order valence-electron chi connectivity index (χ1n) is 6.33. The van der Waals surface area contributed by atoms with Crippen molar-refractivity contribution in [3.05, 3.63) is 29.8 Å². The summed E-state index contributed by atoms with van der Waals surface area (Å²) in [6, 6.07) is 8.79. The lowest BCUT2D eigenvalue weighted by Gasteiger charge is -2.35. The summed E-state index contributed by atoms with van der Waals surface area (Å²) in [5.41, 5.74) is 4.45. The maximum Gasteiger partial charge on any atom is 0.118 e. The van der Waals surface area contributed by atoms with E-state index in [9.17, 15) is 0 Å². The van der Waals surface area contributed by atoms with Crippen LogP contribution in [0.4, 0.5) is 0 Å². The predicted molar refractivity (Wildman–Crippen MR) is 69.7 cm³/mol. The highest BCUT2D eigenvalue weighted by Crippen LogP contribution is 2.37. The molecule has 0 unspecified atom stereocenters. The van der Waals surface area contributed by atoms with E-state index in [1.807, 2.05) is 12.1 Å². The van der Waals surface area contributed by atoms with Gasteiger partial charge in [-0.1, -0.05) is 12.1 Å². The number of benzene rings is 1. The molecule has 0 spiro atoms. The van der Waals surface area contributed by atoms with Crippen molar-refractivity contribution in [2.45, 2.75) is 24.8 Å². The summed E-state index contributed by atoms with van der Waals surface area (Å²) in [5, 5.41) is 0. The molecule has 1 aliphatic carbocycles. The van der Waals surface area contributed by atoms with E-state index in [-0.39, 0.29) is 0 Å². The van der Waals surface area contributed by atoms with Crippen molar-refractivity contribution >= 4 is 0 Å². The van der Waals surface area contributed by atoms with Gasteiger partial charge in [0.25, 0.3) is 0 Å². The molecule has 0 heterocycles. The van der Waals surface area contributed by atoms with Crippen LogP contribution in [0.2, 0.25) is 0 Å². The van der Waals surface area contributed by atoms with Gasteiger partial charge >= 0.3 is 0 Å². The lowest BCUT2D eigenvalue weighted by Crippen LogP contribution is -2.40. The van der Waals surface area contributed by atoms with Gasteiger partial charge in [0.05, 0.1) is 20.3 Å². The number of hydrogen-bond donors (Lipinski definition) is 1. The van der Waals surface area contributed by atoms with Crippen LogP contribution >= 0.6 is 0 Å². The molecule has 0 bridgehead atoms. The zero-order valence-corrected chi connectivity index (χ0v) is 11.0. The number of hydroxylamine groups is 1. The molecule has 1 fully saturated rings. The SMILES string of the molecule is COCCONC1CC(c2ccc(OC)cc2)C1. The van der Waals surface area contributed by atoms with Gasteiger partial charge in [-0.05, 0) is 36.5 Å². The Bertz CT molecular complexity index is 347. The van der Waals surface area contributed by atoms with Gasteiger partial charge in [0.15, 0.2) is 0 Å². The number of hydrogen-bond acceptors (Lipinski definition) is 4. The van der Waals surface area contributed by atoms with Gasteiger partial charge in [-0.3, -0.25) is 4.84 Å². The van der Waals surface area contributed by atoms with Gasteiger partial charge in [-0.2, -0.15) is 5.48 Å². The molecule has 0 aromatic heterocycles. The minimum absolute atomic E-state index is 0.467. The van der Waals surface area contributed by atoms with Crippen molar-refractivity contribution < 1.29 is 14.3 Å². The highest BCUT2D eigenvalue weighted by molar-refractivity contribution is 5.30. The van der Waals surface area contributed by atoms with Crippen molar-refractivity contribution in [1.29, 1.82) is 0 Å². The van der Waals surface area contributed by atoms with E-state index in [4.69, 9.17) is 14.3 Å². The quantitative estimate of drug-likeness (QED) is 0.595. The molecule has 100 valence electrons. The number of nitrogens with one attached hydrogen (secondary N) is 1. The van der Waals surface area contributed by atoms with Crippen LogP contribution in [-0.4, -0.2) is 33.5 Å². The molecule has 1 aromatic rings. The van der Waals surface area contributed by atoms with Crippen molar-refractivity contribution in [2.75, 3.05) is 27.4 Å². The molecule has 1 saturated carbocycles. The van der Waals surface area contributed by atoms with Gasteiger partial charge in [0, 0.05) is 13.2 Å². The monoisotopic (exact) mass is 251 g/mol. The Labute approximate surface area is 108 Å². The first kappa shape index (κ1) is 13.3. The van der Waals surface area contributed by atoms with Gasteiger partial charge < -0.3 is 9.47 Å². The van der Waals surface area contributed by atoms with Crippen LogP contribution in [0.5, 0.6) is 5.75 Å². The standard InChI is InChI=1S/C14H21NO3/c1-16-7-8-18-15-13-9-12(10-13)11-3-5-14(17-2)6-4-11/h3-6,12-13,15H,7-10H2,1-2H3. The van der Waals surface area contributed by atoms with Crippen LogP contribution in [-0.2, 0) is 9.57 Å². The van der Waals surface area contributed by atoms with Gasteiger partial charge in [0.1, 0.15) is 5.75 Å². The topological polar surface area (TPSA) is 39.7 Å². The van der Waals surface area contributed by atoms with Crippen molar-refractivity contribution in [2.24, 2.45) is 0 Å². The molecular formula is C14H21NO3. The summed E-state index contributed by atoms with van der Waals surface area (Å²) in [7, 11) is 3.36. The molecule has 0 aliphatic heterocycles. The Balaban J connectivity index is 1.68. The first-order chi connectivity index (χ1) is 8.83. The highest BCUT2D eigenvalue weighted by Gasteiger charge is 2.30. The Hall–Kier alpha value is -1.10. The molecule has 0 atom stereocenters. The Kier molecular flexibility index (Phi) is 4.99. The maximum atomic E-state index is 5.30. The second-order valence-electron chi connectivity index (χ2n) is 4.60. The van der Waals surface area contributed by atoms with E-state index in [2.05, 4.69) is 17.6 Å². The number of ether oxygens (including phenoxy) is 2. The van der Waals surface area contributed by atoms with E-state index >= 15 is 0 Å². The summed E-state index contributed by atoms with van der Waals surface area (Å²) in [6.07, 6.45) is 2.25. The molecule has 4 heteroatoms. The first-order valence-corrected chi connectivity index (χ1v) is 6.33. The van der Waals surface area contributed by atoms with E-state index in [0.717, 1.165) is 18.6 Å². The number of rotatable bonds is 7. The second kappa shape index (κ2) is 6.73. The Morgan fingerprint density at radius 3 is 2.44 bits per heavy atom. The fourth-order valence-electron chi connectivity index (χ4n) is 2.16. The highest BCUT2D eigenvalue weighted by atomic mass is 16.7. The average molecular weight is 251 g/mol. The van der Waals surface area contributed by atoms with Crippen LogP contribution in [0.1, 0.15) is 24.3 Å². The summed E-state index contributed by atoms with van der Waals surface area (Å²) < 4.78 is 10.1. The number of methoxy groups -OCH3 is 2. The van der Waals surface area contributed by atoms with Crippen molar-refractivity contribution in [3.63, 3.8) is 0 Å². The Morgan fingerprint density at radius 2 is 1.83 bits per heavy atom. The summed E-state index contributed by atoms with van der Waals surface area (Å²) in [4.78, 5) is 5.30.